The Kier molecular flexibility index (Phi) is 3.71. The molecule has 4 heteroatoms. The maximum Gasteiger partial charge on any atom is 0.0669 e. The van der Waals surface area contributed by atoms with E-state index in [1.807, 2.05) is 0 Å². The molecular formula is C25H28N4. The van der Waals surface area contributed by atoms with E-state index >= 15 is 0 Å². The maximum atomic E-state index is 3.72. The third-order valence-corrected chi connectivity index (χ3v) is 7.03. The third kappa shape index (κ3) is 2.66. The van der Waals surface area contributed by atoms with Crippen molar-refractivity contribution in [3.05, 3.63) is 70.0 Å². The van der Waals surface area contributed by atoms with Crippen molar-refractivity contribution in [2.75, 3.05) is 13.6 Å². The van der Waals surface area contributed by atoms with Crippen LogP contribution in [0.5, 0.6) is 0 Å². The third-order valence-electron chi connectivity index (χ3n) is 7.03. The number of fused-ring (bicyclic) bond motifs is 6. The molecule has 0 spiro atoms. The molecule has 2 aromatic heterocycles. The molecule has 0 fully saturated rings. The van der Waals surface area contributed by atoms with E-state index in [2.05, 4.69) is 77.1 Å². The second kappa shape index (κ2) is 6.22. The minimum Gasteiger partial charge on any atom is -0.357 e. The van der Waals surface area contributed by atoms with E-state index in [-0.39, 0.29) is 0 Å². The van der Waals surface area contributed by atoms with E-state index in [1.54, 1.807) is 0 Å². The van der Waals surface area contributed by atoms with Gasteiger partial charge in [-0.05, 0) is 61.7 Å². The van der Waals surface area contributed by atoms with Crippen LogP contribution in [0.3, 0.4) is 0 Å². The van der Waals surface area contributed by atoms with Gasteiger partial charge in [0, 0.05) is 59.2 Å². The number of aromatic amines is 2. The summed E-state index contributed by atoms with van der Waals surface area (Å²) < 4.78 is 0. The van der Waals surface area contributed by atoms with Gasteiger partial charge in [0.1, 0.15) is 0 Å². The minimum atomic E-state index is 0.448. The van der Waals surface area contributed by atoms with Gasteiger partial charge in [-0.1, -0.05) is 24.3 Å². The quantitative estimate of drug-likeness (QED) is 0.502. The maximum absolute atomic E-state index is 3.72. The molecule has 4 aromatic rings. The summed E-state index contributed by atoms with van der Waals surface area (Å²) in [5.74, 6) is 0. The Morgan fingerprint density at radius 2 is 1.45 bits per heavy atom. The summed E-state index contributed by atoms with van der Waals surface area (Å²) in [7, 11) is 2.27. The van der Waals surface area contributed by atoms with Crippen molar-refractivity contribution < 1.29 is 0 Å². The molecule has 2 aromatic carbocycles. The highest BCUT2D eigenvalue weighted by atomic mass is 15.4. The number of hydrogen-bond acceptors (Lipinski definition) is 2. The van der Waals surface area contributed by atoms with Crippen LogP contribution in [-0.4, -0.2) is 39.5 Å². The van der Waals surface area contributed by atoms with Gasteiger partial charge >= 0.3 is 0 Å². The van der Waals surface area contributed by atoms with E-state index in [1.165, 1.54) is 55.4 Å². The normalized spacial score (nSPS) is 20.3. The predicted octanol–water partition coefficient (Wildman–Crippen LogP) is 4.64. The molecule has 0 saturated carbocycles. The molecule has 0 aliphatic carbocycles. The topological polar surface area (TPSA) is 38.1 Å². The van der Waals surface area contributed by atoms with Crippen LogP contribution in [0.25, 0.3) is 21.8 Å². The Morgan fingerprint density at radius 1 is 0.828 bits per heavy atom. The van der Waals surface area contributed by atoms with Crippen LogP contribution < -0.4 is 0 Å². The highest BCUT2D eigenvalue weighted by molar-refractivity contribution is 5.86. The van der Waals surface area contributed by atoms with Crippen molar-refractivity contribution in [2.24, 2.45) is 0 Å². The van der Waals surface area contributed by atoms with Crippen molar-refractivity contribution in [1.82, 2.24) is 19.8 Å². The highest BCUT2D eigenvalue weighted by Gasteiger charge is 2.33. The standard InChI is InChI=1S/C25H28N4/c1-15-4-6-17-19-8-9-29(14-24(19)27-21(17)10-15)25-12-20-18-7-5-16(2)11-22(18)26-23(20)13-28(25)3/h4-7,10-11,25-27H,8-9,12-14H2,1-3H3. The largest absolute Gasteiger partial charge is 0.357 e. The van der Waals surface area contributed by atoms with Crippen LogP contribution in [0.2, 0.25) is 0 Å². The zero-order valence-electron chi connectivity index (χ0n) is 17.5. The Balaban J connectivity index is 1.33. The molecular weight excluding hydrogens is 356 g/mol. The number of aromatic nitrogens is 2. The molecule has 4 heterocycles. The van der Waals surface area contributed by atoms with Gasteiger partial charge in [-0.2, -0.15) is 0 Å². The summed E-state index contributed by atoms with van der Waals surface area (Å²) >= 11 is 0. The molecule has 0 saturated heterocycles. The van der Waals surface area contributed by atoms with Gasteiger partial charge in [-0.15, -0.1) is 0 Å². The molecule has 0 bridgehead atoms. The number of rotatable bonds is 1. The molecule has 1 unspecified atom stereocenters. The number of nitrogens with one attached hydrogen (secondary N) is 2. The molecule has 148 valence electrons. The van der Waals surface area contributed by atoms with Crippen molar-refractivity contribution in [1.29, 1.82) is 0 Å². The number of nitrogens with zero attached hydrogens (tertiary/aromatic N) is 2. The molecule has 2 N–H and O–H groups in total. The van der Waals surface area contributed by atoms with Gasteiger partial charge in [0.2, 0.25) is 0 Å². The van der Waals surface area contributed by atoms with Crippen LogP contribution in [0.15, 0.2) is 36.4 Å². The van der Waals surface area contributed by atoms with Crippen LogP contribution in [-0.2, 0) is 25.9 Å². The molecule has 0 amide bonds. The molecule has 2 aliphatic heterocycles. The van der Waals surface area contributed by atoms with Crippen molar-refractivity contribution in [3.8, 4) is 0 Å². The Hall–Kier alpha value is -2.56. The van der Waals surface area contributed by atoms with Crippen LogP contribution in [0.1, 0.15) is 33.6 Å². The van der Waals surface area contributed by atoms with Gasteiger partial charge in [0.15, 0.2) is 0 Å². The summed E-state index contributed by atoms with van der Waals surface area (Å²) in [5.41, 5.74) is 11.1. The molecule has 0 radical (unpaired) electrons. The van der Waals surface area contributed by atoms with Gasteiger partial charge in [0.25, 0.3) is 0 Å². The number of benzene rings is 2. The average Bonchev–Trinajstić information content (AvgIpc) is 3.22. The van der Waals surface area contributed by atoms with E-state index in [9.17, 15) is 0 Å². The molecule has 2 aliphatic rings. The molecule has 29 heavy (non-hydrogen) atoms. The zero-order chi connectivity index (χ0) is 19.7. The van der Waals surface area contributed by atoms with Gasteiger partial charge < -0.3 is 9.97 Å². The number of aryl methyl sites for hydroxylation is 2. The summed E-state index contributed by atoms with van der Waals surface area (Å²) in [6.07, 6.45) is 2.66. The SMILES string of the molecule is Cc1ccc2c3c([nH]c2c1)CN(C1Cc2c([nH]c4cc(C)ccc24)CN1C)CC3. The van der Waals surface area contributed by atoms with E-state index < -0.39 is 0 Å². The lowest BCUT2D eigenvalue weighted by atomic mass is 9.97. The Labute approximate surface area is 171 Å². The second-order valence-corrected chi connectivity index (χ2v) is 9.08. The fourth-order valence-electron chi connectivity index (χ4n) is 5.53. The van der Waals surface area contributed by atoms with E-state index in [0.717, 1.165) is 32.5 Å². The van der Waals surface area contributed by atoms with Crippen molar-refractivity contribution >= 4 is 21.8 Å². The van der Waals surface area contributed by atoms with E-state index in [4.69, 9.17) is 0 Å². The first-order valence-corrected chi connectivity index (χ1v) is 10.7. The highest BCUT2D eigenvalue weighted by Crippen LogP contribution is 2.34. The Bertz CT molecular complexity index is 1240. The van der Waals surface area contributed by atoms with Gasteiger partial charge in [0.05, 0.1) is 6.17 Å². The molecule has 1 atom stereocenters. The van der Waals surface area contributed by atoms with Crippen LogP contribution in [0.4, 0.5) is 0 Å². The zero-order valence-corrected chi connectivity index (χ0v) is 17.5. The Morgan fingerprint density at radius 3 is 2.14 bits per heavy atom. The van der Waals surface area contributed by atoms with Crippen LogP contribution in [0, 0.1) is 13.8 Å². The lowest BCUT2D eigenvalue weighted by molar-refractivity contribution is 0.0357. The summed E-state index contributed by atoms with van der Waals surface area (Å²) in [5, 5.41) is 2.82. The van der Waals surface area contributed by atoms with Gasteiger partial charge in [-0.3, -0.25) is 9.80 Å². The number of likely N-dealkylation sites (N-methyl/N-ethyl adjacent to an activating group) is 1. The summed E-state index contributed by atoms with van der Waals surface area (Å²) in [6, 6.07) is 13.6. The van der Waals surface area contributed by atoms with Crippen LogP contribution >= 0.6 is 0 Å². The number of H-pyrrole nitrogens is 2. The first-order valence-electron chi connectivity index (χ1n) is 10.7. The van der Waals surface area contributed by atoms with Crippen molar-refractivity contribution in [2.45, 2.75) is 45.9 Å². The summed E-state index contributed by atoms with van der Waals surface area (Å²) in [6.45, 7) is 7.46. The minimum absolute atomic E-state index is 0.448. The lowest BCUT2D eigenvalue weighted by Gasteiger charge is -2.42. The van der Waals surface area contributed by atoms with Crippen molar-refractivity contribution in [3.63, 3.8) is 0 Å². The molecule has 6 rings (SSSR count). The first-order chi connectivity index (χ1) is 14.1. The van der Waals surface area contributed by atoms with E-state index in [0.29, 0.717) is 6.17 Å². The predicted molar refractivity (Wildman–Crippen MR) is 119 cm³/mol. The van der Waals surface area contributed by atoms with Gasteiger partial charge in [-0.25, -0.2) is 0 Å². The smallest absolute Gasteiger partial charge is 0.0669 e. The fourth-order valence-corrected chi connectivity index (χ4v) is 5.53. The second-order valence-electron chi connectivity index (χ2n) is 9.08. The lowest BCUT2D eigenvalue weighted by Crippen LogP contribution is -2.51. The monoisotopic (exact) mass is 384 g/mol. The average molecular weight is 385 g/mol. The fraction of sp³-hybridized carbons (Fsp3) is 0.360. The first kappa shape index (κ1) is 17.3. The molecule has 4 nitrogen and oxygen atoms in total. The number of hydrogen-bond donors (Lipinski definition) is 2. The summed E-state index contributed by atoms with van der Waals surface area (Å²) in [4.78, 5) is 12.6.